The number of carbonyl (C=O) groups excluding carboxylic acids is 1. The largest absolute Gasteiger partial charge is 0.329 e. The standard InChI is InChI=1S/C8H16N2O2/c1-3-8(2)6-7(11)10(12-8)5-4-9/h3-6,9H2,1-2H3. The van der Waals surface area contributed by atoms with E-state index < -0.39 is 0 Å². The molecule has 1 unspecified atom stereocenters. The van der Waals surface area contributed by atoms with E-state index in [2.05, 4.69) is 0 Å². The Morgan fingerprint density at radius 3 is 2.83 bits per heavy atom. The number of rotatable bonds is 3. The fourth-order valence-corrected chi connectivity index (χ4v) is 1.23. The average molecular weight is 172 g/mol. The number of hydroxylamine groups is 2. The highest BCUT2D eigenvalue weighted by atomic mass is 16.7. The van der Waals surface area contributed by atoms with Crippen LogP contribution in [0.5, 0.6) is 0 Å². The van der Waals surface area contributed by atoms with Gasteiger partial charge in [0.25, 0.3) is 0 Å². The van der Waals surface area contributed by atoms with E-state index >= 15 is 0 Å². The molecule has 0 radical (unpaired) electrons. The summed E-state index contributed by atoms with van der Waals surface area (Å²) < 4.78 is 0. The third-order valence-electron chi connectivity index (χ3n) is 2.21. The molecule has 1 aliphatic rings. The van der Waals surface area contributed by atoms with Gasteiger partial charge in [0.05, 0.1) is 13.0 Å². The molecule has 4 nitrogen and oxygen atoms in total. The molecule has 0 aromatic heterocycles. The van der Waals surface area contributed by atoms with Crippen molar-refractivity contribution in [3.05, 3.63) is 0 Å². The second-order valence-corrected chi connectivity index (χ2v) is 3.36. The zero-order valence-corrected chi connectivity index (χ0v) is 7.67. The third-order valence-corrected chi connectivity index (χ3v) is 2.21. The smallest absolute Gasteiger partial charge is 0.249 e. The molecule has 1 saturated heterocycles. The predicted molar refractivity (Wildman–Crippen MR) is 45.2 cm³/mol. The molecule has 4 heteroatoms. The monoisotopic (exact) mass is 172 g/mol. The lowest BCUT2D eigenvalue weighted by Gasteiger charge is -2.21. The van der Waals surface area contributed by atoms with Crippen LogP contribution in [0, 0.1) is 0 Å². The molecule has 0 aliphatic carbocycles. The van der Waals surface area contributed by atoms with E-state index in [1.54, 1.807) is 0 Å². The molecule has 12 heavy (non-hydrogen) atoms. The summed E-state index contributed by atoms with van der Waals surface area (Å²) in [5, 5.41) is 1.38. The van der Waals surface area contributed by atoms with E-state index in [4.69, 9.17) is 10.6 Å². The Morgan fingerprint density at radius 2 is 2.42 bits per heavy atom. The van der Waals surface area contributed by atoms with Crippen LogP contribution in [0.4, 0.5) is 0 Å². The van der Waals surface area contributed by atoms with E-state index in [1.807, 2.05) is 13.8 Å². The number of amides is 1. The van der Waals surface area contributed by atoms with Gasteiger partial charge in [-0.15, -0.1) is 0 Å². The molecule has 1 aliphatic heterocycles. The van der Waals surface area contributed by atoms with Gasteiger partial charge >= 0.3 is 0 Å². The molecule has 1 atom stereocenters. The van der Waals surface area contributed by atoms with E-state index in [-0.39, 0.29) is 11.5 Å². The van der Waals surface area contributed by atoms with Crippen LogP contribution in [0.25, 0.3) is 0 Å². The SMILES string of the molecule is CCC1(C)CC(=O)N(CCN)O1. The summed E-state index contributed by atoms with van der Waals surface area (Å²) in [5.74, 6) is 0.0461. The first kappa shape index (κ1) is 9.48. The molecule has 0 aromatic carbocycles. The minimum absolute atomic E-state index is 0.0461. The maximum absolute atomic E-state index is 11.3. The summed E-state index contributed by atoms with van der Waals surface area (Å²) >= 11 is 0. The van der Waals surface area contributed by atoms with Gasteiger partial charge in [0, 0.05) is 6.54 Å². The fraction of sp³-hybridized carbons (Fsp3) is 0.875. The van der Waals surface area contributed by atoms with Crippen LogP contribution in [0.3, 0.4) is 0 Å². The molecule has 70 valence electrons. The first-order chi connectivity index (χ1) is 5.61. The Hall–Kier alpha value is -0.610. The van der Waals surface area contributed by atoms with Crippen LogP contribution in [-0.4, -0.2) is 29.7 Å². The highest BCUT2D eigenvalue weighted by Gasteiger charge is 2.39. The van der Waals surface area contributed by atoms with E-state index in [9.17, 15) is 4.79 Å². The topological polar surface area (TPSA) is 55.6 Å². The minimum Gasteiger partial charge on any atom is -0.329 e. The predicted octanol–water partition coefficient (Wildman–Crippen LogP) is 0.278. The quantitative estimate of drug-likeness (QED) is 0.665. The van der Waals surface area contributed by atoms with Crippen molar-refractivity contribution in [3.63, 3.8) is 0 Å². The molecule has 0 saturated carbocycles. The van der Waals surface area contributed by atoms with Crippen LogP contribution < -0.4 is 5.73 Å². The fourth-order valence-electron chi connectivity index (χ4n) is 1.23. The van der Waals surface area contributed by atoms with Gasteiger partial charge in [-0.25, -0.2) is 5.06 Å². The number of hydrogen-bond donors (Lipinski definition) is 1. The highest BCUT2D eigenvalue weighted by molar-refractivity contribution is 5.77. The molecule has 0 aromatic rings. The van der Waals surface area contributed by atoms with E-state index in [1.165, 1.54) is 5.06 Å². The molecular formula is C8H16N2O2. The van der Waals surface area contributed by atoms with Gasteiger partial charge in [-0.1, -0.05) is 6.92 Å². The maximum Gasteiger partial charge on any atom is 0.249 e. The van der Waals surface area contributed by atoms with Crippen LogP contribution >= 0.6 is 0 Å². The lowest BCUT2D eigenvalue weighted by molar-refractivity contribution is -0.194. The third kappa shape index (κ3) is 1.76. The van der Waals surface area contributed by atoms with Crippen molar-refractivity contribution in [1.82, 2.24) is 5.06 Å². The molecular weight excluding hydrogens is 156 g/mol. The molecule has 1 rings (SSSR count). The minimum atomic E-state index is -0.299. The summed E-state index contributed by atoms with van der Waals surface area (Å²) in [5.41, 5.74) is 5.03. The second kappa shape index (κ2) is 3.41. The summed E-state index contributed by atoms with van der Waals surface area (Å²) in [6, 6.07) is 0. The van der Waals surface area contributed by atoms with Crippen molar-refractivity contribution in [2.45, 2.75) is 32.3 Å². The van der Waals surface area contributed by atoms with Gasteiger partial charge in [-0.05, 0) is 13.3 Å². The molecule has 2 N–H and O–H groups in total. The number of nitrogens with zero attached hydrogens (tertiary/aromatic N) is 1. The highest BCUT2D eigenvalue weighted by Crippen LogP contribution is 2.28. The number of nitrogens with two attached hydrogens (primary N) is 1. The zero-order valence-electron chi connectivity index (χ0n) is 7.67. The molecule has 0 spiro atoms. The normalized spacial score (nSPS) is 29.9. The number of hydrogen-bond acceptors (Lipinski definition) is 3. The van der Waals surface area contributed by atoms with Crippen LogP contribution in [0.15, 0.2) is 0 Å². The van der Waals surface area contributed by atoms with Gasteiger partial charge in [-0.3, -0.25) is 9.63 Å². The van der Waals surface area contributed by atoms with Gasteiger partial charge in [0.2, 0.25) is 5.91 Å². The van der Waals surface area contributed by atoms with Crippen molar-refractivity contribution in [1.29, 1.82) is 0 Å². The lowest BCUT2D eigenvalue weighted by atomic mass is 10.0. The Morgan fingerprint density at radius 1 is 1.75 bits per heavy atom. The van der Waals surface area contributed by atoms with Crippen LogP contribution in [0.1, 0.15) is 26.7 Å². The van der Waals surface area contributed by atoms with Gasteiger partial charge in [0.15, 0.2) is 0 Å². The van der Waals surface area contributed by atoms with Crippen molar-refractivity contribution in [3.8, 4) is 0 Å². The Balaban J connectivity index is 2.55. The summed E-state index contributed by atoms with van der Waals surface area (Å²) in [6.07, 6.45) is 1.32. The summed E-state index contributed by atoms with van der Waals surface area (Å²) in [4.78, 5) is 16.7. The van der Waals surface area contributed by atoms with E-state index in [0.29, 0.717) is 19.5 Å². The first-order valence-corrected chi connectivity index (χ1v) is 4.31. The first-order valence-electron chi connectivity index (χ1n) is 4.31. The molecule has 1 amide bonds. The Kier molecular flexibility index (Phi) is 2.69. The van der Waals surface area contributed by atoms with E-state index in [0.717, 1.165) is 6.42 Å². The van der Waals surface area contributed by atoms with Gasteiger partial charge in [-0.2, -0.15) is 0 Å². The molecule has 1 heterocycles. The average Bonchev–Trinajstić information content (AvgIpc) is 2.30. The van der Waals surface area contributed by atoms with Crippen molar-refractivity contribution in [2.75, 3.05) is 13.1 Å². The lowest BCUT2D eigenvalue weighted by Crippen LogP contribution is -2.31. The Bertz CT molecular complexity index is 184. The molecule has 1 fully saturated rings. The van der Waals surface area contributed by atoms with Gasteiger partial charge in [0.1, 0.15) is 5.60 Å². The maximum atomic E-state index is 11.3. The summed E-state index contributed by atoms with van der Waals surface area (Å²) in [7, 11) is 0. The van der Waals surface area contributed by atoms with Gasteiger partial charge < -0.3 is 5.73 Å². The number of carbonyl (C=O) groups is 1. The Labute approximate surface area is 72.6 Å². The second-order valence-electron chi connectivity index (χ2n) is 3.36. The summed E-state index contributed by atoms with van der Waals surface area (Å²) in [6.45, 7) is 4.90. The van der Waals surface area contributed by atoms with Crippen molar-refractivity contribution in [2.24, 2.45) is 5.73 Å². The van der Waals surface area contributed by atoms with Crippen LogP contribution in [0.2, 0.25) is 0 Å². The van der Waals surface area contributed by atoms with Crippen molar-refractivity contribution >= 4 is 5.91 Å². The zero-order chi connectivity index (χ0) is 9.19. The molecule has 0 bridgehead atoms. The van der Waals surface area contributed by atoms with Crippen molar-refractivity contribution < 1.29 is 9.63 Å². The van der Waals surface area contributed by atoms with Crippen LogP contribution in [-0.2, 0) is 9.63 Å².